The van der Waals surface area contributed by atoms with Crippen LogP contribution < -0.4 is 0 Å². The number of allylic oxidation sites excluding steroid dienone is 19. The van der Waals surface area contributed by atoms with Crippen LogP contribution in [0.2, 0.25) is 0 Å². The maximum absolute atomic E-state index is 12.7. The minimum atomic E-state index is -0.899. The van der Waals surface area contributed by atoms with Gasteiger partial charge in [-0.25, -0.2) is 4.79 Å². The Balaban J connectivity index is 4.58. The molecule has 0 amide bonds. The molecular weight excluding hydrogens is 727 g/mol. The molecule has 2 atom stereocenters. The average molecular weight is 805 g/mol. The second-order valence-corrected chi connectivity index (χ2v) is 14.8. The van der Waals surface area contributed by atoms with Gasteiger partial charge in [0.25, 0.3) is 0 Å². The zero-order valence-corrected chi connectivity index (χ0v) is 36.7. The number of carbonyl (C=O) groups excluding carboxylic acids is 2. The van der Waals surface area contributed by atoms with Crippen LogP contribution in [0.5, 0.6) is 0 Å². The van der Waals surface area contributed by atoms with Crippen LogP contribution in [0.15, 0.2) is 122 Å². The molecule has 0 rings (SSSR count). The number of carboxylic acid groups (broad SMARTS) is 1. The number of carbonyl (C=O) groups is 3. The Morgan fingerprint density at radius 3 is 1.40 bits per heavy atom. The summed E-state index contributed by atoms with van der Waals surface area (Å²) in [6, 6.07) is -0.642. The summed E-state index contributed by atoms with van der Waals surface area (Å²) in [5, 5.41) is 9.61. The van der Waals surface area contributed by atoms with Crippen LogP contribution in [0.3, 0.4) is 0 Å². The van der Waals surface area contributed by atoms with Gasteiger partial charge in [0.1, 0.15) is 6.61 Å². The third kappa shape index (κ3) is 37.3. The second kappa shape index (κ2) is 39.6. The molecule has 0 bridgehead atoms. The van der Waals surface area contributed by atoms with Crippen LogP contribution >= 0.6 is 0 Å². The van der Waals surface area contributed by atoms with Crippen molar-refractivity contribution in [2.45, 2.75) is 135 Å². The molecule has 0 aliphatic rings. The van der Waals surface area contributed by atoms with E-state index in [1.807, 2.05) is 27.2 Å². The van der Waals surface area contributed by atoms with Gasteiger partial charge in [0.15, 0.2) is 12.1 Å². The predicted octanol–water partition coefficient (Wildman–Crippen LogP) is 11.9. The second-order valence-electron chi connectivity index (χ2n) is 14.8. The van der Waals surface area contributed by atoms with Crippen LogP contribution in [0.4, 0.5) is 0 Å². The van der Waals surface area contributed by atoms with Gasteiger partial charge in [-0.1, -0.05) is 142 Å². The van der Waals surface area contributed by atoms with Gasteiger partial charge < -0.3 is 23.8 Å². The van der Waals surface area contributed by atoms with Crippen LogP contribution in [0.25, 0.3) is 0 Å². The standard InChI is InChI=1S/C50H77NO7/c1-6-8-10-12-14-16-18-20-22-23-24-25-27-29-31-33-35-37-39-41-49(53)58-46(44-56-43-42-47(50(54)55)51(3,4)5)45-57-48(52)40-38-36-34-32-30-28-26-21-19-17-15-13-11-9-7-2/h8-11,14-17,20-22,24-26,29-32,36,38,46-47H,6-7,12-13,18-19,23,27-28,33-35,37,39-45H2,1-5H3/p+1/b10-8-,11-9-,16-14-,17-15-,22-20-,25-24-,26-21-,31-29-,32-30-,38-36-. The summed E-state index contributed by atoms with van der Waals surface area (Å²) in [5.41, 5.74) is 0. The molecule has 0 aromatic rings. The van der Waals surface area contributed by atoms with Gasteiger partial charge >= 0.3 is 17.9 Å². The van der Waals surface area contributed by atoms with Gasteiger partial charge in [-0.3, -0.25) is 9.59 Å². The van der Waals surface area contributed by atoms with Crippen LogP contribution in [-0.2, 0) is 28.6 Å². The molecule has 0 radical (unpaired) electrons. The lowest BCUT2D eigenvalue weighted by atomic mass is 10.1. The minimum Gasteiger partial charge on any atom is -0.477 e. The van der Waals surface area contributed by atoms with Crippen molar-refractivity contribution in [3.8, 4) is 0 Å². The number of nitrogens with zero attached hydrogens (tertiary/aromatic N) is 1. The van der Waals surface area contributed by atoms with Crippen molar-refractivity contribution in [1.29, 1.82) is 0 Å². The van der Waals surface area contributed by atoms with E-state index in [1.54, 1.807) is 6.08 Å². The Morgan fingerprint density at radius 1 is 0.534 bits per heavy atom. The lowest BCUT2D eigenvalue weighted by molar-refractivity contribution is -0.887. The number of aliphatic carboxylic acids is 1. The highest BCUT2D eigenvalue weighted by molar-refractivity contribution is 5.72. The fourth-order valence-electron chi connectivity index (χ4n) is 5.36. The summed E-state index contributed by atoms with van der Waals surface area (Å²) in [5.74, 6) is -1.69. The zero-order chi connectivity index (χ0) is 42.8. The molecule has 0 spiro atoms. The average Bonchev–Trinajstić information content (AvgIpc) is 3.18. The van der Waals surface area contributed by atoms with Gasteiger partial charge in [0.2, 0.25) is 0 Å². The first-order valence-corrected chi connectivity index (χ1v) is 21.6. The highest BCUT2D eigenvalue weighted by atomic mass is 16.6. The Morgan fingerprint density at radius 2 is 0.966 bits per heavy atom. The van der Waals surface area contributed by atoms with Crippen molar-refractivity contribution in [2.24, 2.45) is 0 Å². The topological polar surface area (TPSA) is 99.1 Å². The fraction of sp³-hybridized carbons (Fsp3) is 0.540. The third-order valence-electron chi connectivity index (χ3n) is 8.64. The molecule has 0 fully saturated rings. The molecule has 0 aromatic carbocycles. The lowest BCUT2D eigenvalue weighted by Gasteiger charge is -2.31. The molecule has 324 valence electrons. The SMILES string of the molecule is CC/C=C\C/C=C\C/C=C\C/C=C\C/C=C\CCCCCC(=O)OC(COCCC(C(=O)O)[N+](C)(C)C)COC(=O)C/C=C\C/C=C\C/C=C\C/C=C\C/C=C\CC. The molecule has 0 aromatic heterocycles. The fourth-order valence-corrected chi connectivity index (χ4v) is 5.36. The van der Waals surface area contributed by atoms with Crippen molar-refractivity contribution >= 4 is 17.9 Å². The van der Waals surface area contributed by atoms with Crippen molar-refractivity contribution < 1.29 is 38.2 Å². The van der Waals surface area contributed by atoms with E-state index in [4.69, 9.17) is 14.2 Å². The molecule has 8 nitrogen and oxygen atoms in total. The van der Waals surface area contributed by atoms with Crippen molar-refractivity contribution in [2.75, 3.05) is 41.0 Å². The van der Waals surface area contributed by atoms with E-state index in [0.717, 1.165) is 77.0 Å². The highest BCUT2D eigenvalue weighted by Crippen LogP contribution is 2.11. The van der Waals surface area contributed by atoms with E-state index in [1.165, 1.54) is 0 Å². The molecule has 58 heavy (non-hydrogen) atoms. The number of ether oxygens (including phenoxy) is 3. The number of unbranched alkanes of at least 4 members (excludes halogenated alkanes) is 3. The monoisotopic (exact) mass is 805 g/mol. The van der Waals surface area contributed by atoms with Crippen LogP contribution in [0.1, 0.15) is 123 Å². The Labute approximate surface area is 352 Å². The van der Waals surface area contributed by atoms with Gasteiger partial charge in [-0.05, 0) is 83.5 Å². The maximum Gasteiger partial charge on any atom is 0.362 e. The number of likely N-dealkylation sites (N-methyl/N-ethyl adjacent to an activating group) is 1. The van der Waals surface area contributed by atoms with E-state index in [2.05, 4.69) is 123 Å². The molecule has 1 N–H and O–H groups in total. The van der Waals surface area contributed by atoms with E-state index in [-0.39, 0.29) is 43.1 Å². The highest BCUT2D eigenvalue weighted by Gasteiger charge is 2.31. The van der Waals surface area contributed by atoms with E-state index >= 15 is 0 Å². The first-order chi connectivity index (χ1) is 28.1. The summed E-state index contributed by atoms with van der Waals surface area (Å²) in [6.07, 6.45) is 55.6. The molecule has 0 saturated carbocycles. The zero-order valence-electron chi connectivity index (χ0n) is 36.7. The number of quaternary nitrogens is 1. The smallest absolute Gasteiger partial charge is 0.362 e. The number of rotatable bonds is 36. The largest absolute Gasteiger partial charge is 0.477 e. The first kappa shape index (κ1) is 53.7. The first-order valence-electron chi connectivity index (χ1n) is 21.6. The Hall–Kier alpha value is -4.27. The predicted molar refractivity (Wildman–Crippen MR) is 242 cm³/mol. The number of carboxylic acids is 1. The number of esters is 2. The quantitative estimate of drug-likeness (QED) is 0.0291. The van der Waals surface area contributed by atoms with Crippen molar-refractivity contribution in [3.05, 3.63) is 122 Å². The molecule has 0 aliphatic heterocycles. The summed E-state index contributed by atoms with van der Waals surface area (Å²) in [4.78, 5) is 36.9. The maximum atomic E-state index is 12.7. The molecule has 0 aliphatic carbocycles. The lowest BCUT2D eigenvalue weighted by Crippen LogP contribution is -2.50. The van der Waals surface area contributed by atoms with Crippen LogP contribution in [-0.4, -0.2) is 80.6 Å². The van der Waals surface area contributed by atoms with E-state index in [9.17, 15) is 19.5 Å². The molecular formula is C50H78NO7+. The van der Waals surface area contributed by atoms with Gasteiger partial charge in [0.05, 0.1) is 40.8 Å². The van der Waals surface area contributed by atoms with Crippen molar-refractivity contribution in [3.63, 3.8) is 0 Å². The molecule has 2 unspecified atom stereocenters. The molecule has 8 heteroatoms. The summed E-state index contributed by atoms with van der Waals surface area (Å²) in [6.45, 7) is 4.33. The molecule has 0 heterocycles. The summed E-state index contributed by atoms with van der Waals surface area (Å²) in [7, 11) is 5.47. The Bertz CT molecular complexity index is 1350. The number of hydrogen-bond acceptors (Lipinski definition) is 6. The summed E-state index contributed by atoms with van der Waals surface area (Å²) >= 11 is 0. The van der Waals surface area contributed by atoms with Gasteiger partial charge in [-0.2, -0.15) is 0 Å². The van der Waals surface area contributed by atoms with Crippen molar-refractivity contribution in [1.82, 2.24) is 0 Å². The van der Waals surface area contributed by atoms with E-state index < -0.39 is 24.1 Å². The van der Waals surface area contributed by atoms with Gasteiger partial charge in [-0.15, -0.1) is 0 Å². The van der Waals surface area contributed by atoms with Crippen LogP contribution in [0, 0.1) is 0 Å². The Kier molecular flexibility index (Phi) is 36.6. The minimum absolute atomic E-state index is 0.00818. The van der Waals surface area contributed by atoms with Gasteiger partial charge in [0, 0.05) is 12.8 Å². The third-order valence-corrected chi connectivity index (χ3v) is 8.64. The van der Waals surface area contributed by atoms with E-state index in [0.29, 0.717) is 19.3 Å². The number of hydrogen-bond donors (Lipinski definition) is 1. The molecule has 0 saturated heterocycles. The normalized spacial score (nSPS) is 14.2. The summed E-state index contributed by atoms with van der Waals surface area (Å²) < 4.78 is 17.1.